The van der Waals surface area contributed by atoms with Gasteiger partial charge in [-0.05, 0) is 45.0 Å². The van der Waals surface area contributed by atoms with Gasteiger partial charge in [-0.1, -0.05) is 11.8 Å². The summed E-state index contributed by atoms with van der Waals surface area (Å²) in [7, 11) is 1.88. The fraction of sp³-hybridized carbons (Fsp3) is 0.438. The van der Waals surface area contributed by atoms with Crippen molar-refractivity contribution in [3.8, 4) is 11.8 Å². The molecule has 1 aromatic rings. The van der Waals surface area contributed by atoms with E-state index in [1.807, 2.05) is 52.1 Å². The van der Waals surface area contributed by atoms with Crippen LogP contribution in [0.4, 0.5) is 10.5 Å². The molecule has 1 amide bonds. The van der Waals surface area contributed by atoms with Gasteiger partial charge in [0.15, 0.2) is 0 Å². The Bertz CT molecular complexity index is 490. The minimum atomic E-state index is -0.467. The maximum Gasteiger partial charge on any atom is 0.407 e. The Balaban J connectivity index is 2.30. The molecule has 0 heterocycles. The van der Waals surface area contributed by atoms with Crippen molar-refractivity contribution >= 4 is 11.8 Å². The molecule has 0 saturated carbocycles. The number of rotatable bonds is 3. The van der Waals surface area contributed by atoms with Crippen molar-refractivity contribution < 1.29 is 9.53 Å². The summed E-state index contributed by atoms with van der Waals surface area (Å²) in [6, 6.07) is 7.87. The molecule has 0 aliphatic carbocycles. The molecule has 0 spiro atoms. The zero-order chi connectivity index (χ0) is 15.0. The number of amides is 1. The number of nitrogens with one attached hydrogen (secondary N) is 2. The van der Waals surface area contributed by atoms with Gasteiger partial charge >= 0.3 is 6.09 Å². The summed E-state index contributed by atoms with van der Waals surface area (Å²) in [5, 5.41) is 5.72. The Hall–Kier alpha value is -2.15. The van der Waals surface area contributed by atoms with E-state index in [1.54, 1.807) is 0 Å². The van der Waals surface area contributed by atoms with Gasteiger partial charge in [0.05, 0.1) is 0 Å². The Morgan fingerprint density at radius 2 is 1.90 bits per heavy atom. The van der Waals surface area contributed by atoms with Gasteiger partial charge in [-0.2, -0.15) is 0 Å². The average molecular weight is 274 g/mol. The summed E-state index contributed by atoms with van der Waals surface area (Å²) in [4.78, 5) is 11.4. The van der Waals surface area contributed by atoms with Crippen LogP contribution in [0.1, 0.15) is 32.8 Å². The van der Waals surface area contributed by atoms with Gasteiger partial charge in [0.1, 0.15) is 5.60 Å². The molecule has 0 radical (unpaired) electrons. The molecule has 0 atom stereocenters. The number of ether oxygens (including phenoxy) is 1. The van der Waals surface area contributed by atoms with Crippen LogP contribution in [0.15, 0.2) is 24.3 Å². The van der Waals surface area contributed by atoms with E-state index in [9.17, 15) is 4.79 Å². The third kappa shape index (κ3) is 6.69. The third-order valence-electron chi connectivity index (χ3n) is 2.32. The van der Waals surface area contributed by atoms with Crippen molar-refractivity contribution in [3.05, 3.63) is 29.8 Å². The van der Waals surface area contributed by atoms with E-state index in [2.05, 4.69) is 22.5 Å². The number of alkyl carbamates (subject to hydrolysis) is 1. The molecule has 108 valence electrons. The van der Waals surface area contributed by atoms with Crippen molar-refractivity contribution in [3.63, 3.8) is 0 Å². The maximum atomic E-state index is 11.4. The molecule has 0 unspecified atom stereocenters. The monoisotopic (exact) mass is 274 g/mol. The lowest BCUT2D eigenvalue weighted by molar-refractivity contribution is 0.0529. The number of hydrogen-bond donors (Lipinski definition) is 2. The molecule has 20 heavy (non-hydrogen) atoms. The highest BCUT2D eigenvalue weighted by atomic mass is 16.6. The molecule has 0 bridgehead atoms. The molecule has 0 aliphatic heterocycles. The van der Waals surface area contributed by atoms with Crippen molar-refractivity contribution in [2.75, 3.05) is 18.9 Å². The lowest BCUT2D eigenvalue weighted by Crippen LogP contribution is -2.32. The van der Waals surface area contributed by atoms with E-state index >= 15 is 0 Å². The number of benzene rings is 1. The summed E-state index contributed by atoms with van der Waals surface area (Å²) >= 11 is 0. The average Bonchev–Trinajstić information content (AvgIpc) is 2.37. The molecule has 4 heteroatoms. The minimum absolute atomic E-state index is 0.405. The molecule has 1 rings (SSSR count). The van der Waals surface area contributed by atoms with Crippen LogP contribution in [0.25, 0.3) is 0 Å². The normalized spacial score (nSPS) is 10.2. The highest BCUT2D eigenvalue weighted by molar-refractivity contribution is 5.67. The first kappa shape index (κ1) is 15.9. The molecule has 0 saturated heterocycles. The topological polar surface area (TPSA) is 50.4 Å². The molecule has 1 aromatic carbocycles. The van der Waals surface area contributed by atoms with Gasteiger partial charge in [-0.3, -0.25) is 0 Å². The van der Waals surface area contributed by atoms with Crippen LogP contribution in [0.5, 0.6) is 0 Å². The summed E-state index contributed by atoms with van der Waals surface area (Å²) in [5.74, 6) is 6.06. The lowest BCUT2D eigenvalue weighted by atomic mass is 10.2. The molecular weight excluding hydrogens is 252 g/mol. The highest BCUT2D eigenvalue weighted by Gasteiger charge is 2.15. The predicted molar refractivity (Wildman–Crippen MR) is 81.7 cm³/mol. The molecule has 0 fully saturated rings. The van der Waals surface area contributed by atoms with Gasteiger partial charge in [0.25, 0.3) is 0 Å². The second kappa shape index (κ2) is 7.44. The Morgan fingerprint density at radius 3 is 2.45 bits per heavy atom. The SMILES string of the molecule is CNc1ccc(C#CCCNC(=O)OC(C)(C)C)cc1. The molecular formula is C16H22N2O2. The van der Waals surface area contributed by atoms with Gasteiger partial charge in [-0.15, -0.1) is 0 Å². The van der Waals surface area contributed by atoms with E-state index in [0.29, 0.717) is 13.0 Å². The smallest absolute Gasteiger partial charge is 0.407 e. The summed E-state index contributed by atoms with van der Waals surface area (Å²) in [5.41, 5.74) is 1.55. The first-order chi connectivity index (χ1) is 9.40. The van der Waals surface area contributed by atoms with Gasteiger partial charge < -0.3 is 15.4 Å². The van der Waals surface area contributed by atoms with Crippen molar-refractivity contribution in [1.29, 1.82) is 0 Å². The molecule has 2 N–H and O–H groups in total. The fourth-order valence-electron chi connectivity index (χ4n) is 1.43. The molecule has 0 aromatic heterocycles. The van der Waals surface area contributed by atoms with Crippen LogP contribution >= 0.6 is 0 Å². The first-order valence-corrected chi connectivity index (χ1v) is 6.64. The number of anilines is 1. The largest absolute Gasteiger partial charge is 0.444 e. The Morgan fingerprint density at radius 1 is 1.25 bits per heavy atom. The number of carbonyl (C=O) groups excluding carboxylic acids is 1. The van der Waals surface area contributed by atoms with E-state index < -0.39 is 11.7 Å². The number of carbonyl (C=O) groups is 1. The predicted octanol–water partition coefficient (Wildman–Crippen LogP) is 2.99. The third-order valence-corrected chi connectivity index (χ3v) is 2.32. The van der Waals surface area contributed by atoms with Crippen molar-refractivity contribution in [2.45, 2.75) is 32.8 Å². The maximum absolute atomic E-state index is 11.4. The van der Waals surface area contributed by atoms with Crippen LogP contribution in [0, 0.1) is 11.8 Å². The van der Waals surface area contributed by atoms with Crippen LogP contribution in [-0.2, 0) is 4.74 Å². The van der Waals surface area contributed by atoms with Crippen LogP contribution in [0.2, 0.25) is 0 Å². The van der Waals surface area contributed by atoms with E-state index in [4.69, 9.17) is 4.74 Å². The lowest BCUT2D eigenvalue weighted by Gasteiger charge is -2.19. The molecule has 4 nitrogen and oxygen atoms in total. The van der Waals surface area contributed by atoms with E-state index in [1.165, 1.54) is 0 Å². The van der Waals surface area contributed by atoms with Gasteiger partial charge in [-0.25, -0.2) is 4.79 Å². The zero-order valence-electron chi connectivity index (χ0n) is 12.5. The zero-order valence-corrected chi connectivity index (χ0v) is 12.5. The summed E-state index contributed by atoms with van der Waals surface area (Å²) in [6.07, 6.45) is 0.185. The van der Waals surface area contributed by atoms with Crippen LogP contribution in [0.3, 0.4) is 0 Å². The summed E-state index contributed by atoms with van der Waals surface area (Å²) in [6.45, 7) is 5.99. The number of hydrogen-bond acceptors (Lipinski definition) is 3. The van der Waals surface area contributed by atoms with Crippen molar-refractivity contribution in [2.24, 2.45) is 0 Å². The van der Waals surface area contributed by atoms with Crippen LogP contribution in [-0.4, -0.2) is 25.3 Å². The van der Waals surface area contributed by atoms with Gasteiger partial charge in [0.2, 0.25) is 0 Å². The Kier molecular flexibility index (Phi) is 5.92. The fourth-order valence-corrected chi connectivity index (χ4v) is 1.43. The van der Waals surface area contributed by atoms with E-state index in [0.717, 1.165) is 11.3 Å². The molecule has 0 aliphatic rings. The minimum Gasteiger partial charge on any atom is -0.444 e. The first-order valence-electron chi connectivity index (χ1n) is 6.64. The second-order valence-corrected chi connectivity index (χ2v) is 5.31. The summed E-state index contributed by atoms with van der Waals surface area (Å²) < 4.78 is 5.12. The van der Waals surface area contributed by atoms with Gasteiger partial charge in [0, 0.05) is 31.3 Å². The van der Waals surface area contributed by atoms with Crippen LogP contribution < -0.4 is 10.6 Å². The standard InChI is InChI=1S/C16H22N2O2/c1-16(2,3)20-15(19)18-12-6-5-7-13-8-10-14(17-4)11-9-13/h8-11,17H,6,12H2,1-4H3,(H,18,19). The van der Waals surface area contributed by atoms with Crippen molar-refractivity contribution in [1.82, 2.24) is 5.32 Å². The Labute approximate surface area is 120 Å². The van der Waals surface area contributed by atoms with E-state index in [-0.39, 0.29) is 0 Å². The quantitative estimate of drug-likeness (QED) is 0.658. The highest BCUT2D eigenvalue weighted by Crippen LogP contribution is 2.07. The second-order valence-electron chi connectivity index (χ2n) is 5.31.